The molecule has 0 radical (unpaired) electrons. The molecule has 2 aliphatic heterocycles. The van der Waals surface area contributed by atoms with Gasteiger partial charge in [0.15, 0.2) is 0 Å². The molecule has 2 aromatic rings. The molecular weight excluding hydrogens is 429 g/mol. The highest BCUT2D eigenvalue weighted by molar-refractivity contribution is 7.90. The molecule has 2 aromatic carbocycles. The zero-order valence-electron chi connectivity index (χ0n) is 19.2. The first kappa shape index (κ1) is 23.0. The summed E-state index contributed by atoms with van der Waals surface area (Å²) in [6.45, 7) is 8.10. The van der Waals surface area contributed by atoms with E-state index in [1.807, 2.05) is 26.0 Å². The molecule has 2 heterocycles. The van der Waals surface area contributed by atoms with E-state index in [2.05, 4.69) is 24.0 Å². The van der Waals surface area contributed by atoms with Crippen LogP contribution in [0.15, 0.2) is 48.5 Å². The number of hydrogen-bond acceptors (Lipinski definition) is 4. The van der Waals surface area contributed by atoms with Gasteiger partial charge in [0.2, 0.25) is 0 Å². The fraction of sp³-hybridized carbons (Fsp3) is 0.500. The molecule has 0 aromatic heterocycles. The van der Waals surface area contributed by atoms with Gasteiger partial charge in [0.25, 0.3) is 0 Å². The van der Waals surface area contributed by atoms with Gasteiger partial charge in [0.1, 0.15) is 11.6 Å². The second-order valence-electron chi connectivity index (χ2n) is 9.32. The highest BCUT2D eigenvalue weighted by Crippen LogP contribution is 2.44. The van der Waals surface area contributed by atoms with Crippen LogP contribution in [0.25, 0.3) is 0 Å². The molecule has 1 spiro atoms. The third-order valence-electron chi connectivity index (χ3n) is 6.43. The first-order valence-electron chi connectivity index (χ1n) is 11.1. The molecule has 8 heteroatoms. The summed E-state index contributed by atoms with van der Waals surface area (Å²) < 4.78 is 49.0. The Hall–Kier alpha value is -2.16. The van der Waals surface area contributed by atoms with Crippen molar-refractivity contribution in [2.75, 3.05) is 24.4 Å². The van der Waals surface area contributed by atoms with Crippen molar-refractivity contribution in [3.8, 4) is 5.75 Å². The van der Waals surface area contributed by atoms with E-state index < -0.39 is 21.6 Å². The van der Waals surface area contributed by atoms with E-state index in [0.29, 0.717) is 25.1 Å². The molecule has 32 heavy (non-hydrogen) atoms. The molecule has 4 rings (SSSR count). The Kier molecular flexibility index (Phi) is 6.22. The molecule has 2 saturated heterocycles. The van der Waals surface area contributed by atoms with E-state index in [9.17, 15) is 12.8 Å². The normalized spacial score (nSPS) is 26.2. The number of piperidine rings is 1. The van der Waals surface area contributed by atoms with Crippen LogP contribution in [0.2, 0.25) is 0 Å². The predicted octanol–water partition coefficient (Wildman–Crippen LogP) is 4.03. The van der Waals surface area contributed by atoms with Crippen LogP contribution < -0.4 is 9.04 Å². The number of nitrogens with zero attached hydrogens (tertiary/aromatic N) is 3. The molecule has 0 bridgehead atoms. The number of halogens is 1. The Morgan fingerprint density at radius 1 is 1.19 bits per heavy atom. The van der Waals surface area contributed by atoms with Crippen molar-refractivity contribution in [2.45, 2.75) is 57.8 Å². The zero-order chi connectivity index (χ0) is 23.1. The van der Waals surface area contributed by atoms with Gasteiger partial charge in [-0.1, -0.05) is 18.2 Å². The summed E-state index contributed by atoms with van der Waals surface area (Å²) >= 11 is 0. The zero-order valence-corrected chi connectivity index (χ0v) is 20.0. The molecule has 0 unspecified atom stereocenters. The molecule has 174 valence electrons. The van der Waals surface area contributed by atoms with Crippen LogP contribution in [0.4, 0.5) is 10.1 Å². The highest BCUT2D eigenvalue weighted by Gasteiger charge is 2.55. The SMILES string of the molecule is CC(C)Oc1cccc(CN2CC[C@@]3(C[C@@H]2C)CN(C)S(=O)(=O)N3c2cccc(F)c2)c1. The van der Waals surface area contributed by atoms with Gasteiger partial charge in [-0.15, -0.1) is 0 Å². The Morgan fingerprint density at radius 3 is 2.62 bits per heavy atom. The Labute approximate surface area is 190 Å². The second kappa shape index (κ2) is 8.65. The molecule has 0 amide bonds. The van der Waals surface area contributed by atoms with E-state index in [1.54, 1.807) is 19.2 Å². The Balaban J connectivity index is 1.56. The van der Waals surface area contributed by atoms with Crippen LogP contribution in [0.3, 0.4) is 0 Å². The van der Waals surface area contributed by atoms with Crippen molar-refractivity contribution < 1.29 is 17.5 Å². The van der Waals surface area contributed by atoms with Crippen molar-refractivity contribution in [2.24, 2.45) is 0 Å². The summed E-state index contributed by atoms with van der Waals surface area (Å²) in [6.07, 6.45) is 1.48. The Bertz CT molecular complexity index is 1080. The third kappa shape index (κ3) is 4.36. The number of hydrogen-bond donors (Lipinski definition) is 0. The van der Waals surface area contributed by atoms with Crippen LogP contribution in [-0.4, -0.2) is 55.4 Å². The van der Waals surface area contributed by atoms with Gasteiger partial charge in [0.05, 0.1) is 17.3 Å². The molecule has 0 saturated carbocycles. The van der Waals surface area contributed by atoms with E-state index in [0.717, 1.165) is 18.8 Å². The maximum absolute atomic E-state index is 14.0. The van der Waals surface area contributed by atoms with Gasteiger partial charge in [-0.05, 0) is 69.5 Å². The van der Waals surface area contributed by atoms with E-state index in [1.165, 1.54) is 26.3 Å². The van der Waals surface area contributed by atoms with Gasteiger partial charge >= 0.3 is 10.2 Å². The summed E-state index contributed by atoms with van der Waals surface area (Å²) in [5.74, 6) is 0.427. The summed E-state index contributed by atoms with van der Waals surface area (Å²) in [4.78, 5) is 2.38. The number of likely N-dealkylation sites (tertiary alicyclic amines) is 1. The van der Waals surface area contributed by atoms with E-state index in [4.69, 9.17) is 4.74 Å². The first-order chi connectivity index (χ1) is 15.1. The van der Waals surface area contributed by atoms with Crippen molar-refractivity contribution in [1.82, 2.24) is 9.21 Å². The van der Waals surface area contributed by atoms with Gasteiger partial charge in [-0.3, -0.25) is 9.21 Å². The lowest BCUT2D eigenvalue weighted by atomic mass is 9.82. The minimum atomic E-state index is -3.70. The fourth-order valence-electron chi connectivity index (χ4n) is 5.09. The summed E-state index contributed by atoms with van der Waals surface area (Å²) in [5, 5.41) is 0. The van der Waals surface area contributed by atoms with Crippen LogP contribution in [0, 0.1) is 5.82 Å². The first-order valence-corrected chi connectivity index (χ1v) is 12.5. The predicted molar refractivity (Wildman–Crippen MR) is 124 cm³/mol. The minimum absolute atomic E-state index is 0.120. The lowest BCUT2D eigenvalue weighted by Crippen LogP contribution is -2.57. The summed E-state index contributed by atoms with van der Waals surface area (Å²) in [7, 11) is -2.09. The van der Waals surface area contributed by atoms with Crippen LogP contribution >= 0.6 is 0 Å². The van der Waals surface area contributed by atoms with Gasteiger partial charge < -0.3 is 4.74 Å². The Morgan fingerprint density at radius 2 is 1.94 bits per heavy atom. The van der Waals surface area contributed by atoms with Crippen LogP contribution in [0.5, 0.6) is 5.75 Å². The maximum atomic E-state index is 14.0. The largest absolute Gasteiger partial charge is 0.491 e. The van der Waals surface area contributed by atoms with E-state index in [-0.39, 0.29) is 12.1 Å². The number of benzene rings is 2. The number of rotatable bonds is 5. The number of ether oxygens (including phenoxy) is 1. The molecule has 2 atom stereocenters. The minimum Gasteiger partial charge on any atom is -0.491 e. The molecule has 6 nitrogen and oxygen atoms in total. The van der Waals surface area contributed by atoms with Crippen LogP contribution in [0.1, 0.15) is 39.2 Å². The number of likely N-dealkylation sites (N-methyl/N-ethyl adjacent to an activating group) is 1. The smallest absolute Gasteiger partial charge is 0.304 e. The van der Waals surface area contributed by atoms with E-state index >= 15 is 0 Å². The highest BCUT2D eigenvalue weighted by atomic mass is 32.2. The quantitative estimate of drug-likeness (QED) is 0.675. The average molecular weight is 462 g/mol. The molecule has 0 N–H and O–H groups in total. The van der Waals surface area contributed by atoms with Gasteiger partial charge in [-0.2, -0.15) is 12.7 Å². The third-order valence-corrected chi connectivity index (χ3v) is 8.41. The number of anilines is 1. The van der Waals surface area contributed by atoms with Crippen molar-refractivity contribution in [3.63, 3.8) is 0 Å². The lowest BCUT2D eigenvalue weighted by Gasteiger charge is -2.47. The molecule has 0 aliphatic carbocycles. The molecular formula is C24H32FN3O3S. The average Bonchev–Trinajstić information content (AvgIpc) is 2.89. The van der Waals surface area contributed by atoms with Crippen molar-refractivity contribution >= 4 is 15.9 Å². The summed E-state index contributed by atoms with van der Waals surface area (Å²) in [6, 6.07) is 14.2. The molecule has 2 fully saturated rings. The lowest BCUT2D eigenvalue weighted by molar-refractivity contribution is 0.100. The fourth-order valence-corrected chi connectivity index (χ4v) is 6.87. The monoisotopic (exact) mass is 461 g/mol. The second-order valence-corrected chi connectivity index (χ2v) is 11.2. The molecule has 2 aliphatic rings. The van der Waals surface area contributed by atoms with Crippen LogP contribution in [-0.2, 0) is 16.8 Å². The summed E-state index contributed by atoms with van der Waals surface area (Å²) in [5.41, 5.74) is 0.984. The van der Waals surface area contributed by atoms with Crippen molar-refractivity contribution in [1.29, 1.82) is 0 Å². The van der Waals surface area contributed by atoms with Gasteiger partial charge in [-0.25, -0.2) is 4.39 Å². The maximum Gasteiger partial charge on any atom is 0.304 e. The topological polar surface area (TPSA) is 53.1 Å². The standard InChI is InChI=1S/C24H32FN3O3S/c1-18(2)31-23-10-5-7-20(13-23)16-27-12-11-24(15-19(27)3)17-26(4)32(29,30)28(24)22-9-6-8-21(25)14-22/h5-10,13-14,18-19H,11-12,15-17H2,1-4H3/t19-,24+/m0/s1. The van der Waals surface area contributed by atoms with Crippen molar-refractivity contribution in [3.05, 3.63) is 59.9 Å². The van der Waals surface area contributed by atoms with Gasteiger partial charge in [0, 0.05) is 32.7 Å².